The summed E-state index contributed by atoms with van der Waals surface area (Å²) in [5.74, 6) is 2.36. The molecule has 2 aliphatic rings. The van der Waals surface area contributed by atoms with Gasteiger partial charge in [0.2, 0.25) is 5.78 Å². The van der Waals surface area contributed by atoms with E-state index in [0.29, 0.717) is 40.2 Å². The Morgan fingerprint density at radius 1 is 1.33 bits per heavy atom. The number of carbonyl (C=O) groups excluding carboxylic acids is 1. The third kappa shape index (κ3) is 2.24. The first-order valence-corrected chi connectivity index (χ1v) is 8.19. The topological polar surface area (TPSA) is 52.3 Å². The summed E-state index contributed by atoms with van der Waals surface area (Å²) in [4.78, 5) is 13.7. The second-order valence-electron chi connectivity index (χ2n) is 5.16. The van der Waals surface area contributed by atoms with E-state index >= 15 is 0 Å². The van der Waals surface area contributed by atoms with Crippen molar-refractivity contribution in [2.45, 2.75) is 23.7 Å². The second-order valence-corrected chi connectivity index (χ2v) is 6.67. The van der Waals surface area contributed by atoms with Crippen LogP contribution in [-0.4, -0.2) is 23.3 Å². The second kappa shape index (κ2) is 5.07. The van der Waals surface area contributed by atoms with Gasteiger partial charge >= 0.3 is 0 Å². The van der Waals surface area contributed by atoms with Crippen LogP contribution in [-0.2, 0) is 0 Å². The normalized spacial score (nSPS) is 17.2. The summed E-state index contributed by atoms with van der Waals surface area (Å²) in [6.45, 7) is 0.581. The van der Waals surface area contributed by atoms with Gasteiger partial charge in [-0.05, 0) is 25.0 Å². The van der Waals surface area contributed by atoms with Gasteiger partial charge < -0.3 is 9.26 Å². The zero-order chi connectivity index (χ0) is 14.4. The third-order valence-corrected chi connectivity index (χ3v) is 5.17. The van der Waals surface area contributed by atoms with Crippen LogP contribution in [0.2, 0.25) is 5.02 Å². The lowest BCUT2D eigenvalue weighted by Crippen LogP contribution is -2.12. The molecule has 1 aromatic carbocycles. The standard InChI is InChI=1S/C15H12ClNO3S/c16-11-4-3-9(14-15(11)21-6-5-19-14)12(18)10-7-17-20-13(10)8-1-2-8/h3-4,7-8H,1-2,5-6H2. The van der Waals surface area contributed by atoms with Crippen molar-refractivity contribution in [1.82, 2.24) is 5.16 Å². The number of rotatable bonds is 3. The molecule has 1 saturated carbocycles. The lowest BCUT2D eigenvalue weighted by molar-refractivity contribution is 0.103. The van der Waals surface area contributed by atoms with Crippen molar-refractivity contribution >= 4 is 29.1 Å². The Morgan fingerprint density at radius 2 is 2.19 bits per heavy atom. The molecule has 0 radical (unpaired) electrons. The maximum absolute atomic E-state index is 12.8. The number of thioether (sulfide) groups is 1. The van der Waals surface area contributed by atoms with Crippen LogP contribution in [0.4, 0.5) is 0 Å². The van der Waals surface area contributed by atoms with E-state index in [9.17, 15) is 4.79 Å². The molecule has 0 N–H and O–H groups in total. The maximum Gasteiger partial charge on any atom is 0.201 e. The van der Waals surface area contributed by atoms with Crippen molar-refractivity contribution in [3.63, 3.8) is 0 Å². The van der Waals surface area contributed by atoms with Crippen LogP contribution in [0, 0.1) is 0 Å². The molecule has 1 aliphatic heterocycles. The molecule has 108 valence electrons. The minimum absolute atomic E-state index is 0.103. The molecule has 6 heteroatoms. The Kier molecular flexibility index (Phi) is 3.19. The van der Waals surface area contributed by atoms with E-state index in [1.807, 2.05) is 0 Å². The number of ether oxygens (including phenoxy) is 1. The highest BCUT2D eigenvalue weighted by molar-refractivity contribution is 7.99. The zero-order valence-electron chi connectivity index (χ0n) is 11.1. The molecule has 4 rings (SSSR count). The molecule has 0 bridgehead atoms. The van der Waals surface area contributed by atoms with E-state index < -0.39 is 0 Å². The summed E-state index contributed by atoms with van der Waals surface area (Å²) in [6, 6.07) is 3.47. The van der Waals surface area contributed by atoms with Crippen molar-refractivity contribution in [3.8, 4) is 5.75 Å². The van der Waals surface area contributed by atoms with E-state index in [1.165, 1.54) is 6.20 Å². The first kappa shape index (κ1) is 13.2. The molecule has 0 unspecified atom stereocenters. The molecule has 21 heavy (non-hydrogen) atoms. The van der Waals surface area contributed by atoms with Gasteiger partial charge in [0.1, 0.15) is 5.75 Å². The molecular weight excluding hydrogens is 310 g/mol. The van der Waals surface area contributed by atoms with E-state index in [1.54, 1.807) is 23.9 Å². The van der Waals surface area contributed by atoms with Gasteiger partial charge in [-0.3, -0.25) is 4.79 Å². The molecule has 0 spiro atoms. The van der Waals surface area contributed by atoms with Crippen molar-refractivity contribution in [3.05, 3.63) is 40.2 Å². The van der Waals surface area contributed by atoms with Gasteiger partial charge in [0.05, 0.1) is 33.8 Å². The number of nitrogens with zero attached hydrogens (tertiary/aromatic N) is 1. The van der Waals surface area contributed by atoms with Gasteiger partial charge in [0.25, 0.3) is 0 Å². The zero-order valence-corrected chi connectivity index (χ0v) is 12.7. The summed E-state index contributed by atoms with van der Waals surface area (Å²) in [7, 11) is 0. The van der Waals surface area contributed by atoms with Crippen molar-refractivity contribution in [1.29, 1.82) is 0 Å². The van der Waals surface area contributed by atoms with E-state index in [4.69, 9.17) is 20.9 Å². The number of fused-ring (bicyclic) bond motifs is 1. The van der Waals surface area contributed by atoms with Gasteiger partial charge in [-0.25, -0.2) is 0 Å². The van der Waals surface area contributed by atoms with Gasteiger partial charge in [0.15, 0.2) is 5.76 Å². The molecule has 2 aromatic rings. The summed E-state index contributed by atoms with van der Waals surface area (Å²) >= 11 is 7.81. The first-order chi connectivity index (χ1) is 10.3. The number of halogens is 1. The summed E-state index contributed by atoms with van der Waals surface area (Å²) in [5, 5.41) is 4.42. The Bertz CT molecular complexity index is 724. The fraction of sp³-hybridized carbons (Fsp3) is 0.333. The smallest absolute Gasteiger partial charge is 0.201 e. The number of hydrogen-bond acceptors (Lipinski definition) is 5. The predicted molar refractivity (Wildman–Crippen MR) is 79.6 cm³/mol. The van der Waals surface area contributed by atoms with Crippen LogP contribution in [0.5, 0.6) is 5.75 Å². The van der Waals surface area contributed by atoms with Crippen molar-refractivity contribution < 1.29 is 14.1 Å². The van der Waals surface area contributed by atoms with Crippen molar-refractivity contribution in [2.75, 3.05) is 12.4 Å². The van der Waals surface area contributed by atoms with Gasteiger partial charge in [-0.1, -0.05) is 16.8 Å². The summed E-state index contributed by atoms with van der Waals surface area (Å²) in [6.07, 6.45) is 3.62. The average molecular weight is 322 g/mol. The third-order valence-electron chi connectivity index (χ3n) is 3.68. The van der Waals surface area contributed by atoms with Crippen LogP contribution in [0.3, 0.4) is 0 Å². The molecule has 2 heterocycles. The maximum atomic E-state index is 12.8. The lowest BCUT2D eigenvalue weighted by Gasteiger charge is -2.20. The Hall–Kier alpha value is -1.46. The van der Waals surface area contributed by atoms with Gasteiger partial charge in [0, 0.05) is 11.7 Å². The monoisotopic (exact) mass is 321 g/mol. The largest absolute Gasteiger partial charge is 0.491 e. The SMILES string of the molecule is O=C(c1cnoc1C1CC1)c1ccc(Cl)c2c1OCCS2. The molecule has 1 aromatic heterocycles. The molecule has 1 fully saturated rings. The van der Waals surface area contributed by atoms with Crippen LogP contribution in [0.25, 0.3) is 0 Å². The number of ketones is 1. The minimum atomic E-state index is -0.103. The Labute approximate surface area is 130 Å². The fourth-order valence-corrected chi connectivity index (χ4v) is 3.68. The molecule has 0 atom stereocenters. The fourth-order valence-electron chi connectivity index (χ4n) is 2.49. The van der Waals surface area contributed by atoms with Crippen LogP contribution >= 0.6 is 23.4 Å². The number of hydrogen-bond donors (Lipinski definition) is 0. The summed E-state index contributed by atoms with van der Waals surface area (Å²) in [5.41, 5.74) is 1.08. The quantitative estimate of drug-likeness (QED) is 0.802. The molecular formula is C15H12ClNO3S. The van der Waals surface area contributed by atoms with Gasteiger partial charge in [-0.2, -0.15) is 0 Å². The van der Waals surface area contributed by atoms with Crippen molar-refractivity contribution in [2.24, 2.45) is 0 Å². The molecule has 0 amide bonds. The van der Waals surface area contributed by atoms with Crippen LogP contribution < -0.4 is 4.74 Å². The lowest BCUT2D eigenvalue weighted by atomic mass is 10.0. The predicted octanol–water partition coefficient (Wildman–Crippen LogP) is 3.92. The number of carbonyl (C=O) groups is 1. The molecule has 0 saturated heterocycles. The van der Waals surface area contributed by atoms with Gasteiger partial charge in [-0.15, -0.1) is 11.8 Å². The Balaban J connectivity index is 1.79. The highest BCUT2D eigenvalue weighted by Crippen LogP contribution is 2.44. The molecule has 4 nitrogen and oxygen atoms in total. The summed E-state index contributed by atoms with van der Waals surface area (Å²) < 4.78 is 10.9. The highest BCUT2D eigenvalue weighted by Gasteiger charge is 2.34. The average Bonchev–Trinajstić information content (AvgIpc) is 3.24. The van der Waals surface area contributed by atoms with Crippen LogP contribution in [0.1, 0.15) is 40.4 Å². The minimum Gasteiger partial charge on any atom is -0.491 e. The Morgan fingerprint density at radius 3 is 3.00 bits per heavy atom. The number of benzene rings is 1. The molecule has 1 aliphatic carbocycles. The van der Waals surface area contributed by atoms with E-state index in [0.717, 1.165) is 23.5 Å². The van der Waals surface area contributed by atoms with Crippen LogP contribution in [0.15, 0.2) is 27.7 Å². The highest BCUT2D eigenvalue weighted by atomic mass is 35.5. The van der Waals surface area contributed by atoms with E-state index in [2.05, 4.69) is 5.16 Å². The van der Waals surface area contributed by atoms with E-state index in [-0.39, 0.29) is 5.78 Å². The number of aromatic nitrogens is 1. The first-order valence-electron chi connectivity index (χ1n) is 6.83.